The molecule has 2 saturated carbocycles. The summed E-state index contributed by atoms with van der Waals surface area (Å²) in [5.41, 5.74) is 0. The maximum absolute atomic E-state index is 12.6. The van der Waals surface area contributed by atoms with Crippen LogP contribution in [0.4, 0.5) is 0 Å². The Morgan fingerprint density at radius 1 is 0.964 bits per heavy atom. The van der Waals surface area contributed by atoms with Gasteiger partial charge >= 0.3 is 0 Å². The molecule has 0 aromatic carbocycles. The van der Waals surface area contributed by atoms with Crippen molar-refractivity contribution in [2.75, 3.05) is 40.0 Å². The molecule has 3 aliphatic rings. The van der Waals surface area contributed by atoms with Gasteiger partial charge in [-0.1, -0.05) is 19.3 Å². The van der Waals surface area contributed by atoms with Crippen molar-refractivity contribution in [3.05, 3.63) is 0 Å². The zero-order chi connectivity index (χ0) is 19.8. The van der Waals surface area contributed by atoms with Crippen LogP contribution in [0.5, 0.6) is 0 Å². The Morgan fingerprint density at radius 3 is 2.29 bits per heavy atom. The van der Waals surface area contributed by atoms with E-state index in [0.717, 1.165) is 63.9 Å². The molecule has 1 saturated heterocycles. The quantitative estimate of drug-likeness (QED) is 0.627. The average molecular weight is 395 g/mol. The highest BCUT2D eigenvalue weighted by molar-refractivity contribution is 5.77. The fourth-order valence-electron chi connectivity index (χ4n) is 5.33. The summed E-state index contributed by atoms with van der Waals surface area (Å²) < 4.78 is 11.5. The molecule has 162 valence electrons. The van der Waals surface area contributed by atoms with Crippen LogP contribution in [0.15, 0.2) is 0 Å². The molecule has 2 aliphatic carbocycles. The van der Waals surface area contributed by atoms with Crippen molar-refractivity contribution in [1.29, 1.82) is 0 Å². The van der Waals surface area contributed by atoms with Crippen molar-refractivity contribution in [2.24, 2.45) is 5.92 Å². The Kier molecular flexibility index (Phi) is 9.06. The first-order chi connectivity index (χ1) is 13.7. The third-order valence-corrected chi connectivity index (χ3v) is 7.33. The fraction of sp³-hybridized carbons (Fsp3) is 0.957. The number of carbonyl (C=O) groups excluding carboxylic acids is 1. The van der Waals surface area contributed by atoms with Crippen LogP contribution in [0.25, 0.3) is 0 Å². The fourth-order valence-corrected chi connectivity index (χ4v) is 5.33. The summed E-state index contributed by atoms with van der Waals surface area (Å²) in [5.74, 6) is 0.933. The van der Waals surface area contributed by atoms with E-state index in [2.05, 4.69) is 11.8 Å². The molecule has 0 atom stereocenters. The van der Waals surface area contributed by atoms with Gasteiger partial charge < -0.3 is 19.3 Å². The van der Waals surface area contributed by atoms with Gasteiger partial charge in [0.1, 0.15) is 6.61 Å². The van der Waals surface area contributed by atoms with Gasteiger partial charge in [0.05, 0.1) is 6.10 Å². The predicted octanol–water partition coefficient (Wildman–Crippen LogP) is 3.85. The molecule has 0 unspecified atom stereocenters. The molecule has 1 aliphatic heterocycles. The van der Waals surface area contributed by atoms with E-state index in [1.54, 1.807) is 0 Å². The predicted molar refractivity (Wildman–Crippen MR) is 112 cm³/mol. The first-order valence-electron chi connectivity index (χ1n) is 11.9. The molecule has 5 nitrogen and oxygen atoms in total. The van der Waals surface area contributed by atoms with Crippen LogP contribution in [0.2, 0.25) is 0 Å². The lowest BCUT2D eigenvalue weighted by atomic mass is 9.85. The minimum Gasteiger partial charge on any atom is -0.381 e. The Hall–Kier alpha value is -0.650. The van der Waals surface area contributed by atoms with Crippen LogP contribution in [0.3, 0.4) is 0 Å². The van der Waals surface area contributed by atoms with Crippen LogP contribution in [0, 0.1) is 5.92 Å². The summed E-state index contributed by atoms with van der Waals surface area (Å²) >= 11 is 0. The number of ether oxygens (including phenoxy) is 2. The number of likely N-dealkylation sites (tertiary alicyclic amines) is 1. The smallest absolute Gasteiger partial charge is 0.248 e. The Bertz CT molecular complexity index is 451. The molecule has 3 rings (SSSR count). The number of hydrogen-bond donors (Lipinski definition) is 0. The van der Waals surface area contributed by atoms with E-state index < -0.39 is 0 Å². The largest absolute Gasteiger partial charge is 0.381 e. The molecule has 0 bridgehead atoms. The molecule has 28 heavy (non-hydrogen) atoms. The van der Waals surface area contributed by atoms with E-state index in [4.69, 9.17) is 9.47 Å². The van der Waals surface area contributed by atoms with E-state index in [-0.39, 0.29) is 12.5 Å². The number of amides is 1. The molecule has 1 amide bonds. The first kappa shape index (κ1) is 22.0. The normalized spacial score (nSPS) is 28.4. The van der Waals surface area contributed by atoms with Crippen LogP contribution < -0.4 is 0 Å². The minimum atomic E-state index is 0.167. The van der Waals surface area contributed by atoms with Gasteiger partial charge in [0.25, 0.3) is 0 Å². The average Bonchev–Trinajstić information content (AvgIpc) is 2.76. The van der Waals surface area contributed by atoms with Gasteiger partial charge in [-0.05, 0) is 64.2 Å². The highest BCUT2D eigenvalue weighted by atomic mass is 16.5. The lowest BCUT2D eigenvalue weighted by molar-refractivity contribution is -0.140. The van der Waals surface area contributed by atoms with Crippen molar-refractivity contribution in [3.63, 3.8) is 0 Å². The third-order valence-electron chi connectivity index (χ3n) is 7.33. The maximum Gasteiger partial charge on any atom is 0.248 e. The van der Waals surface area contributed by atoms with Gasteiger partial charge in [-0.25, -0.2) is 0 Å². The second-order valence-corrected chi connectivity index (χ2v) is 9.18. The summed E-state index contributed by atoms with van der Waals surface area (Å²) in [6.45, 7) is 6.40. The van der Waals surface area contributed by atoms with E-state index in [1.165, 1.54) is 44.9 Å². The Morgan fingerprint density at radius 2 is 1.64 bits per heavy atom. The summed E-state index contributed by atoms with van der Waals surface area (Å²) in [5, 5.41) is 0. The van der Waals surface area contributed by atoms with Gasteiger partial charge in [0.2, 0.25) is 5.91 Å². The summed E-state index contributed by atoms with van der Waals surface area (Å²) in [4.78, 5) is 17.2. The molecular weight excluding hydrogens is 352 g/mol. The van der Waals surface area contributed by atoms with E-state index in [1.807, 2.05) is 11.9 Å². The molecular formula is C23H42N2O3. The number of nitrogens with zero attached hydrogens (tertiary/aromatic N) is 2. The third kappa shape index (κ3) is 6.43. The number of rotatable bonds is 8. The molecule has 0 aromatic rings. The topological polar surface area (TPSA) is 42.0 Å². The van der Waals surface area contributed by atoms with E-state index >= 15 is 0 Å². The first-order valence-corrected chi connectivity index (χ1v) is 11.9. The van der Waals surface area contributed by atoms with Gasteiger partial charge in [0.15, 0.2) is 0 Å². The Balaban J connectivity index is 1.33. The number of carbonyl (C=O) groups is 1. The van der Waals surface area contributed by atoms with Gasteiger partial charge in [-0.3, -0.25) is 4.79 Å². The monoisotopic (exact) mass is 394 g/mol. The van der Waals surface area contributed by atoms with Gasteiger partial charge in [-0.15, -0.1) is 0 Å². The Labute approximate surface area is 172 Å². The minimum absolute atomic E-state index is 0.167. The maximum atomic E-state index is 12.6. The van der Waals surface area contributed by atoms with Gasteiger partial charge in [-0.2, -0.15) is 0 Å². The molecule has 0 spiro atoms. The number of hydrogen-bond acceptors (Lipinski definition) is 4. The second kappa shape index (κ2) is 11.5. The van der Waals surface area contributed by atoms with Crippen molar-refractivity contribution < 1.29 is 14.3 Å². The van der Waals surface area contributed by atoms with Crippen molar-refractivity contribution in [1.82, 2.24) is 9.80 Å². The highest BCUT2D eigenvalue weighted by Crippen LogP contribution is 2.30. The van der Waals surface area contributed by atoms with Crippen molar-refractivity contribution in [3.8, 4) is 0 Å². The standard InChI is InChI=1S/C23H42N2O3/c1-3-27-17-19-9-11-21(12-10-19)25-15-13-20(14-16-25)24(2)23(26)18-28-22-7-5-4-6-8-22/h19-22H,3-18H2,1-2H3/t19-,21+. The van der Waals surface area contributed by atoms with Gasteiger partial charge in [0, 0.05) is 45.4 Å². The number of piperidine rings is 1. The summed E-state index contributed by atoms with van der Waals surface area (Å²) in [6.07, 6.45) is 13.8. The SMILES string of the molecule is CCOC[C@H]1CC[C@@H](N2CCC(N(C)C(=O)COC3CCCCC3)CC2)CC1. The zero-order valence-electron chi connectivity index (χ0n) is 18.2. The second-order valence-electron chi connectivity index (χ2n) is 9.18. The van der Waals surface area contributed by atoms with Crippen LogP contribution >= 0.6 is 0 Å². The summed E-state index contributed by atoms with van der Waals surface area (Å²) in [7, 11) is 1.98. The number of likely N-dealkylation sites (N-methyl/N-ethyl adjacent to an activating group) is 1. The van der Waals surface area contributed by atoms with E-state index in [9.17, 15) is 4.79 Å². The van der Waals surface area contributed by atoms with Crippen LogP contribution in [-0.4, -0.2) is 73.9 Å². The van der Waals surface area contributed by atoms with Crippen LogP contribution in [-0.2, 0) is 14.3 Å². The molecule has 0 N–H and O–H groups in total. The summed E-state index contributed by atoms with van der Waals surface area (Å²) in [6, 6.07) is 1.13. The lowest BCUT2D eigenvalue weighted by Crippen LogP contribution is -2.50. The molecule has 0 aromatic heterocycles. The van der Waals surface area contributed by atoms with Crippen molar-refractivity contribution in [2.45, 2.75) is 95.7 Å². The molecule has 1 heterocycles. The molecule has 0 radical (unpaired) electrons. The van der Waals surface area contributed by atoms with E-state index in [0.29, 0.717) is 12.1 Å². The highest BCUT2D eigenvalue weighted by Gasteiger charge is 2.31. The molecule has 5 heteroatoms. The molecule has 3 fully saturated rings. The lowest BCUT2D eigenvalue weighted by Gasteiger charge is -2.42. The van der Waals surface area contributed by atoms with Crippen molar-refractivity contribution >= 4 is 5.91 Å². The zero-order valence-corrected chi connectivity index (χ0v) is 18.2. The van der Waals surface area contributed by atoms with Crippen LogP contribution in [0.1, 0.15) is 77.6 Å².